The van der Waals surface area contributed by atoms with Crippen LogP contribution >= 0.6 is 0 Å². The normalized spacial score (nSPS) is 10.1. The van der Waals surface area contributed by atoms with Crippen LogP contribution in [0.2, 0.25) is 0 Å². The lowest BCUT2D eigenvalue weighted by atomic mass is 10.2. The van der Waals surface area contributed by atoms with Crippen LogP contribution in [0.1, 0.15) is 22.5 Å². The molecule has 4 N–H and O–H groups in total. The molecule has 0 unspecified atom stereocenters. The Morgan fingerprint density at radius 3 is 2.86 bits per heavy atom. The number of carbonyl (C=O) groups is 1. The number of hydrogen-bond donors (Lipinski definition) is 3. The predicted molar refractivity (Wildman–Crippen MR) is 83.1 cm³/mol. The van der Waals surface area contributed by atoms with Gasteiger partial charge < -0.3 is 16.4 Å². The van der Waals surface area contributed by atoms with Gasteiger partial charge in [0.2, 0.25) is 0 Å². The second-order valence-electron chi connectivity index (χ2n) is 4.65. The van der Waals surface area contributed by atoms with E-state index in [0.29, 0.717) is 17.8 Å². The lowest BCUT2D eigenvalue weighted by molar-refractivity contribution is 0.0953. The number of amides is 1. The zero-order valence-electron chi connectivity index (χ0n) is 12.0. The predicted octanol–water partition coefficient (Wildman–Crippen LogP) is 1.60. The maximum absolute atomic E-state index is 11.8. The highest BCUT2D eigenvalue weighted by Crippen LogP contribution is 2.11. The number of nitrogen functional groups attached to an aromatic ring is 1. The third kappa shape index (κ3) is 4.45. The molecule has 0 bridgehead atoms. The van der Waals surface area contributed by atoms with Gasteiger partial charge in [-0.3, -0.25) is 9.78 Å². The van der Waals surface area contributed by atoms with Gasteiger partial charge in [-0.2, -0.15) is 0 Å². The van der Waals surface area contributed by atoms with Gasteiger partial charge in [-0.1, -0.05) is 0 Å². The molecule has 6 heteroatoms. The van der Waals surface area contributed by atoms with E-state index in [4.69, 9.17) is 5.73 Å². The van der Waals surface area contributed by atoms with Crippen molar-refractivity contribution in [3.63, 3.8) is 0 Å². The summed E-state index contributed by atoms with van der Waals surface area (Å²) in [5.74, 6) is 0.685. The number of nitrogens with two attached hydrogens (primary N) is 1. The summed E-state index contributed by atoms with van der Waals surface area (Å²) in [6.45, 7) is 3.19. The van der Waals surface area contributed by atoms with E-state index in [1.165, 1.54) is 0 Å². The molecule has 2 aromatic rings. The van der Waals surface area contributed by atoms with Crippen molar-refractivity contribution in [1.29, 1.82) is 0 Å². The largest absolute Gasteiger partial charge is 0.397 e. The fourth-order valence-electron chi connectivity index (χ4n) is 1.78. The van der Waals surface area contributed by atoms with Crippen LogP contribution < -0.4 is 16.4 Å². The van der Waals surface area contributed by atoms with Crippen molar-refractivity contribution in [2.24, 2.45) is 0 Å². The SMILES string of the molecule is Cc1nc(NCCCNC(=O)c2cccnc2)ccc1N. The van der Waals surface area contributed by atoms with E-state index in [-0.39, 0.29) is 5.91 Å². The number of pyridine rings is 2. The van der Waals surface area contributed by atoms with E-state index >= 15 is 0 Å². The Kier molecular flexibility index (Phi) is 5.09. The van der Waals surface area contributed by atoms with Crippen molar-refractivity contribution >= 4 is 17.4 Å². The zero-order chi connectivity index (χ0) is 15.1. The van der Waals surface area contributed by atoms with Crippen molar-refractivity contribution in [3.05, 3.63) is 47.9 Å². The summed E-state index contributed by atoms with van der Waals surface area (Å²) in [6, 6.07) is 7.15. The molecule has 21 heavy (non-hydrogen) atoms. The van der Waals surface area contributed by atoms with E-state index in [2.05, 4.69) is 20.6 Å². The fourth-order valence-corrected chi connectivity index (χ4v) is 1.78. The molecule has 0 aromatic carbocycles. The molecule has 2 rings (SSSR count). The molecule has 110 valence electrons. The second kappa shape index (κ2) is 7.23. The Balaban J connectivity index is 1.68. The van der Waals surface area contributed by atoms with Gasteiger partial charge in [-0.05, 0) is 37.6 Å². The van der Waals surface area contributed by atoms with Gasteiger partial charge in [0.15, 0.2) is 0 Å². The second-order valence-corrected chi connectivity index (χ2v) is 4.65. The van der Waals surface area contributed by atoms with Crippen LogP contribution in [0.25, 0.3) is 0 Å². The molecule has 0 fully saturated rings. The third-order valence-electron chi connectivity index (χ3n) is 3.00. The minimum absolute atomic E-state index is 0.107. The Morgan fingerprint density at radius 2 is 2.14 bits per heavy atom. The molecule has 6 nitrogen and oxygen atoms in total. The van der Waals surface area contributed by atoms with Gasteiger partial charge in [0.25, 0.3) is 5.91 Å². The number of rotatable bonds is 6. The Hall–Kier alpha value is -2.63. The van der Waals surface area contributed by atoms with E-state index in [1.807, 2.05) is 19.1 Å². The lowest BCUT2D eigenvalue weighted by Crippen LogP contribution is -2.25. The molecule has 0 saturated heterocycles. The Labute approximate surface area is 123 Å². The van der Waals surface area contributed by atoms with Crippen LogP contribution in [0, 0.1) is 6.92 Å². The zero-order valence-corrected chi connectivity index (χ0v) is 12.0. The first-order valence-corrected chi connectivity index (χ1v) is 6.82. The van der Waals surface area contributed by atoms with E-state index in [9.17, 15) is 4.79 Å². The number of aromatic nitrogens is 2. The van der Waals surface area contributed by atoms with Crippen molar-refractivity contribution < 1.29 is 4.79 Å². The molecule has 0 aliphatic heterocycles. The number of nitrogens with one attached hydrogen (secondary N) is 2. The summed E-state index contributed by atoms with van der Waals surface area (Å²) in [6.07, 6.45) is 3.99. The quantitative estimate of drug-likeness (QED) is 0.701. The fraction of sp³-hybridized carbons (Fsp3) is 0.267. The number of aryl methyl sites for hydroxylation is 1. The van der Waals surface area contributed by atoms with Crippen molar-refractivity contribution in [3.8, 4) is 0 Å². The van der Waals surface area contributed by atoms with Crippen LogP contribution in [0.15, 0.2) is 36.7 Å². The van der Waals surface area contributed by atoms with E-state index < -0.39 is 0 Å². The van der Waals surface area contributed by atoms with Gasteiger partial charge in [-0.15, -0.1) is 0 Å². The van der Waals surface area contributed by atoms with Gasteiger partial charge >= 0.3 is 0 Å². The summed E-state index contributed by atoms with van der Waals surface area (Å²) < 4.78 is 0. The summed E-state index contributed by atoms with van der Waals surface area (Å²) in [4.78, 5) is 20.0. The molecule has 1 amide bonds. The van der Waals surface area contributed by atoms with Gasteiger partial charge in [0, 0.05) is 25.5 Å². The average molecular weight is 285 g/mol. The first-order chi connectivity index (χ1) is 10.2. The van der Waals surface area contributed by atoms with Crippen molar-refractivity contribution in [2.75, 3.05) is 24.1 Å². The highest BCUT2D eigenvalue weighted by atomic mass is 16.1. The van der Waals surface area contributed by atoms with Crippen LogP contribution in [-0.4, -0.2) is 29.0 Å². The third-order valence-corrected chi connectivity index (χ3v) is 3.00. The topological polar surface area (TPSA) is 92.9 Å². The molecule has 0 saturated carbocycles. The van der Waals surface area contributed by atoms with Crippen molar-refractivity contribution in [1.82, 2.24) is 15.3 Å². The Bertz CT molecular complexity index is 600. The molecular weight excluding hydrogens is 266 g/mol. The molecular formula is C15H19N5O. The summed E-state index contributed by atoms with van der Waals surface area (Å²) in [7, 11) is 0. The molecule has 0 radical (unpaired) electrons. The van der Waals surface area contributed by atoms with Crippen LogP contribution in [0.5, 0.6) is 0 Å². The smallest absolute Gasteiger partial charge is 0.252 e. The standard InChI is InChI=1S/C15H19N5O/c1-11-13(16)5-6-14(20-11)18-8-3-9-19-15(21)12-4-2-7-17-10-12/h2,4-7,10H,3,8-9,16H2,1H3,(H,18,20)(H,19,21). The van der Waals surface area contributed by atoms with Crippen molar-refractivity contribution in [2.45, 2.75) is 13.3 Å². The minimum Gasteiger partial charge on any atom is -0.397 e. The molecule has 0 aliphatic carbocycles. The summed E-state index contributed by atoms with van der Waals surface area (Å²) in [5, 5.41) is 6.04. The molecule has 0 atom stereocenters. The van der Waals surface area contributed by atoms with Gasteiger partial charge in [0.05, 0.1) is 16.9 Å². The molecule has 2 aromatic heterocycles. The number of anilines is 2. The van der Waals surface area contributed by atoms with Crippen LogP contribution in [0.3, 0.4) is 0 Å². The van der Waals surface area contributed by atoms with E-state index in [1.54, 1.807) is 24.5 Å². The Morgan fingerprint density at radius 1 is 1.29 bits per heavy atom. The molecule has 0 spiro atoms. The van der Waals surface area contributed by atoms with E-state index in [0.717, 1.165) is 24.5 Å². The minimum atomic E-state index is -0.107. The number of carbonyl (C=O) groups excluding carboxylic acids is 1. The van der Waals surface area contributed by atoms with Gasteiger partial charge in [-0.25, -0.2) is 4.98 Å². The number of nitrogens with zero attached hydrogens (tertiary/aromatic N) is 2. The maximum Gasteiger partial charge on any atom is 0.252 e. The summed E-state index contributed by atoms with van der Waals surface area (Å²) in [5.41, 5.74) is 7.78. The highest BCUT2D eigenvalue weighted by Gasteiger charge is 2.03. The lowest BCUT2D eigenvalue weighted by Gasteiger charge is -2.08. The average Bonchev–Trinajstić information content (AvgIpc) is 2.51. The molecule has 0 aliphatic rings. The number of hydrogen-bond acceptors (Lipinski definition) is 5. The first-order valence-electron chi connectivity index (χ1n) is 6.82. The molecule has 2 heterocycles. The van der Waals surface area contributed by atoms with Gasteiger partial charge in [0.1, 0.15) is 5.82 Å². The monoisotopic (exact) mass is 285 g/mol. The van der Waals surface area contributed by atoms with Crippen LogP contribution in [-0.2, 0) is 0 Å². The maximum atomic E-state index is 11.8. The highest BCUT2D eigenvalue weighted by molar-refractivity contribution is 5.93. The first kappa shape index (κ1) is 14.8. The summed E-state index contributed by atoms with van der Waals surface area (Å²) >= 11 is 0. The van der Waals surface area contributed by atoms with Crippen LogP contribution in [0.4, 0.5) is 11.5 Å².